The Morgan fingerprint density at radius 1 is 0.919 bits per heavy atom. The fraction of sp³-hybridized carbons (Fsp3) is 0.286. The maximum atomic E-state index is 13.9. The van der Waals surface area contributed by atoms with Gasteiger partial charge in [0.1, 0.15) is 12.6 Å². The average molecular weight is 542 g/mol. The molecule has 1 atom stereocenters. The topological polar surface area (TPSA) is 86.8 Å². The predicted octanol–water partition coefficient (Wildman–Crippen LogP) is 4.62. The van der Waals surface area contributed by atoms with Crippen LogP contribution in [0.3, 0.4) is 0 Å². The zero-order valence-corrected chi connectivity index (χ0v) is 23.2. The summed E-state index contributed by atoms with van der Waals surface area (Å²) in [7, 11) is -2.65. The standard InChI is InChI=1S/C28H32ClN3O4S/c1-19-9-13-23(14-10-19)17-31(22(4)28(34)30-5)27(33)18-32(26-8-6-7-25(29)21(26)3)37(35,36)24-15-11-20(2)12-16-24/h6-16,22H,17-18H2,1-5H3,(H,30,34)/t22-/m1/s1. The van der Waals surface area contributed by atoms with E-state index in [0.717, 1.165) is 21.0 Å². The Morgan fingerprint density at radius 3 is 2.05 bits per heavy atom. The Hall–Kier alpha value is -3.36. The summed E-state index contributed by atoms with van der Waals surface area (Å²) in [5.74, 6) is -0.876. The van der Waals surface area contributed by atoms with Crippen molar-refractivity contribution in [2.45, 2.75) is 45.2 Å². The van der Waals surface area contributed by atoms with Gasteiger partial charge in [0.05, 0.1) is 10.6 Å². The van der Waals surface area contributed by atoms with Crippen LogP contribution in [-0.2, 0) is 26.2 Å². The Morgan fingerprint density at radius 2 is 1.49 bits per heavy atom. The average Bonchev–Trinajstić information content (AvgIpc) is 2.88. The minimum Gasteiger partial charge on any atom is -0.357 e. The normalized spacial score (nSPS) is 12.1. The fourth-order valence-corrected chi connectivity index (χ4v) is 5.54. The summed E-state index contributed by atoms with van der Waals surface area (Å²) < 4.78 is 28.8. The first-order valence-corrected chi connectivity index (χ1v) is 13.7. The molecule has 3 aromatic carbocycles. The Bertz CT molecular complexity index is 1370. The number of benzene rings is 3. The summed E-state index contributed by atoms with van der Waals surface area (Å²) in [6.07, 6.45) is 0. The molecule has 196 valence electrons. The van der Waals surface area contributed by atoms with Gasteiger partial charge >= 0.3 is 0 Å². The van der Waals surface area contributed by atoms with E-state index in [-0.39, 0.29) is 17.3 Å². The molecule has 0 fully saturated rings. The lowest BCUT2D eigenvalue weighted by Crippen LogP contribution is -2.50. The zero-order chi connectivity index (χ0) is 27.3. The van der Waals surface area contributed by atoms with Crippen LogP contribution >= 0.6 is 11.6 Å². The molecule has 0 saturated heterocycles. The fourth-order valence-electron chi connectivity index (χ4n) is 3.90. The van der Waals surface area contributed by atoms with Gasteiger partial charge in [-0.25, -0.2) is 8.42 Å². The van der Waals surface area contributed by atoms with Gasteiger partial charge in [0.25, 0.3) is 10.0 Å². The third kappa shape index (κ3) is 6.50. The molecule has 3 rings (SSSR count). The van der Waals surface area contributed by atoms with Gasteiger partial charge in [0.2, 0.25) is 11.8 Å². The van der Waals surface area contributed by atoms with Crippen molar-refractivity contribution in [2.24, 2.45) is 0 Å². The Labute approximate surface area is 224 Å². The van der Waals surface area contributed by atoms with Crippen LogP contribution in [0.25, 0.3) is 0 Å². The van der Waals surface area contributed by atoms with Crippen LogP contribution in [0.15, 0.2) is 71.6 Å². The molecule has 0 heterocycles. The van der Waals surface area contributed by atoms with Gasteiger partial charge in [-0.3, -0.25) is 13.9 Å². The van der Waals surface area contributed by atoms with E-state index in [1.54, 1.807) is 44.2 Å². The van der Waals surface area contributed by atoms with Crippen LogP contribution in [0.2, 0.25) is 5.02 Å². The molecule has 0 aromatic heterocycles. The van der Waals surface area contributed by atoms with Crippen molar-refractivity contribution in [1.29, 1.82) is 0 Å². The van der Waals surface area contributed by atoms with Crippen LogP contribution in [0.1, 0.15) is 29.2 Å². The second-order valence-electron chi connectivity index (χ2n) is 9.01. The number of sulfonamides is 1. The van der Waals surface area contributed by atoms with Crippen molar-refractivity contribution < 1.29 is 18.0 Å². The Kier molecular flexibility index (Phi) is 8.99. The van der Waals surface area contributed by atoms with Gasteiger partial charge in [-0.05, 0) is 63.1 Å². The van der Waals surface area contributed by atoms with Crippen molar-refractivity contribution in [3.05, 3.63) is 94.0 Å². The smallest absolute Gasteiger partial charge is 0.264 e. The largest absolute Gasteiger partial charge is 0.357 e. The second kappa shape index (κ2) is 11.8. The predicted molar refractivity (Wildman–Crippen MR) is 147 cm³/mol. The second-order valence-corrected chi connectivity index (χ2v) is 11.3. The van der Waals surface area contributed by atoms with Gasteiger partial charge in [-0.15, -0.1) is 0 Å². The summed E-state index contributed by atoms with van der Waals surface area (Å²) in [6, 6.07) is 18.1. The molecular formula is C28H32ClN3O4S. The molecule has 0 spiro atoms. The van der Waals surface area contributed by atoms with Gasteiger partial charge in [0, 0.05) is 18.6 Å². The van der Waals surface area contributed by atoms with E-state index in [1.807, 2.05) is 38.1 Å². The number of carbonyl (C=O) groups is 2. The summed E-state index contributed by atoms with van der Waals surface area (Å²) >= 11 is 6.33. The highest BCUT2D eigenvalue weighted by Crippen LogP contribution is 2.31. The van der Waals surface area contributed by atoms with Crippen molar-refractivity contribution in [3.63, 3.8) is 0 Å². The highest BCUT2D eigenvalue weighted by atomic mass is 35.5. The highest BCUT2D eigenvalue weighted by molar-refractivity contribution is 7.92. The van der Waals surface area contributed by atoms with E-state index in [1.165, 1.54) is 24.1 Å². The van der Waals surface area contributed by atoms with Crippen LogP contribution in [0, 0.1) is 20.8 Å². The van der Waals surface area contributed by atoms with E-state index in [9.17, 15) is 18.0 Å². The molecule has 1 N–H and O–H groups in total. The molecule has 0 bridgehead atoms. The molecule has 3 aromatic rings. The van der Waals surface area contributed by atoms with E-state index >= 15 is 0 Å². The van der Waals surface area contributed by atoms with Crippen molar-refractivity contribution >= 4 is 39.1 Å². The first-order valence-electron chi connectivity index (χ1n) is 11.9. The number of hydrogen-bond acceptors (Lipinski definition) is 4. The number of amides is 2. The molecular weight excluding hydrogens is 510 g/mol. The molecule has 2 amide bonds. The molecule has 0 aliphatic carbocycles. The van der Waals surface area contributed by atoms with Gasteiger partial charge in [-0.2, -0.15) is 0 Å². The van der Waals surface area contributed by atoms with Crippen molar-refractivity contribution in [2.75, 3.05) is 17.9 Å². The first-order chi connectivity index (χ1) is 17.4. The third-order valence-electron chi connectivity index (χ3n) is 6.28. The maximum absolute atomic E-state index is 13.9. The number of aryl methyl sites for hydroxylation is 2. The van der Waals surface area contributed by atoms with Crippen molar-refractivity contribution in [3.8, 4) is 0 Å². The van der Waals surface area contributed by atoms with Gasteiger partial charge in [-0.1, -0.05) is 65.2 Å². The summed E-state index contributed by atoms with van der Waals surface area (Å²) in [5, 5.41) is 2.95. The maximum Gasteiger partial charge on any atom is 0.264 e. The zero-order valence-electron chi connectivity index (χ0n) is 21.7. The quantitative estimate of drug-likeness (QED) is 0.428. The lowest BCUT2D eigenvalue weighted by atomic mass is 10.1. The van der Waals surface area contributed by atoms with Gasteiger partial charge in [0.15, 0.2) is 0 Å². The van der Waals surface area contributed by atoms with E-state index in [4.69, 9.17) is 11.6 Å². The molecule has 0 unspecified atom stereocenters. The molecule has 0 radical (unpaired) electrons. The molecule has 0 aliphatic rings. The summed E-state index contributed by atoms with van der Waals surface area (Å²) in [4.78, 5) is 27.8. The number of carbonyl (C=O) groups excluding carboxylic acids is 2. The lowest BCUT2D eigenvalue weighted by Gasteiger charge is -2.32. The number of rotatable bonds is 9. The molecule has 0 saturated carbocycles. The third-order valence-corrected chi connectivity index (χ3v) is 8.47. The minimum absolute atomic E-state index is 0.0507. The van der Waals surface area contributed by atoms with E-state index in [0.29, 0.717) is 16.3 Å². The number of nitrogens with zero attached hydrogens (tertiary/aromatic N) is 2. The Balaban J connectivity index is 2.07. The first kappa shape index (κ1) is 28.2. The van der Waals surface area contributed by atoms with Gasteiger partial charge < -0.3 is 10.2 Å². The van der Waals surface area contributed by atoms with E-state index in [2.05, 4.69) is 5.32 Å². The van der Waals surface area contributed by atoms with Crippen LogP contribution in [0.4, 0.5) is 5.69 Å². The number of likely N-dealkylation sites (N-methyl/N-ethyl adjacent to an activating group) is 1. The number of anilines is 1. The van der Waals surface area contributed by atoms with Crippen LogP contribution in [-0.4, -0.2) is 44.8 Å². The molecule has 7 nitrogen and oxygen atoms in total. The molecule has 0 aliphatic heterocycles. The summed E-state index contributed by atoms with van der Waals surface area (Å²) in [5.41, 5.74) is 3.61. The molecule has 9 heteroatoms. The summed E-state index contributed by atoms with van der Waals surface area (Å²) in [6.45, 7) is 6.78. The van der Waals surface area contributed by atoms with Crippen LogP contribution in [0.5, 0.6) is 0 Å². The number of hydrogen-bond donors (Lipinski definition) is 1. The monoisotopic (exact) mass is 541 g/mol. The minimum atomic E-state index is -4.14. The van der Waals surface area contributed by atoms with Crippen LogP contribution < -0.4 is 9.62 Å². The number of halogens is 1. The number of nitrogens with one attached hydrogen (secondary N) is 1. The molecule has 37 heavy (non-hydrogen) atoms. The highest BCUT2D eigenvalue weighted by Gasteiger charge is 2.33. The lowest BCUT2D eigenvalue weighted by molar-refractivity contribution is -0.139. The van der Waals surface area contributed by atoms with E-state index < -0.39 is 28.5 Å². The SMILES string of the molecule is CNC(=O)[C@@H](C)N(Cc1ccc(C)cc1)C(=O)CN(c1cccc(Cl)c1C)S(=O)(=O)c1ccc(C)cc1. The van der Waals surface area contributed by atoms with Crippen molar-refractivity contribution in [1.82, 2.24) is 10.2 Å².